The lowest BCUT2D eigenvalue weighted by molar-refractivity contribution is -0.134. The molecule has 1 fully saturated rings. The molecule has 0 radical (unpaired) electrons. The molecule has 2 amide bonds. The molecule has 1 aromatic heterocycles. The summed E-state index contributed by atoms with van der Waals surface area (Å²) in [4.78, 5) is 42.1. The van der Waals surface area contributed by atoms with Crippen LogP contribution in [0.3, 0.4) is 0 Å². The van der Waals surface area contributed by atoms with Crippen molar-refractivity contribution in [2.45, 2.75) is 76.3 Å². The molecule has 1 unspecified atom stereocenters. The van der Waals surface area contributed by atoms with E-state index in [1.807, 2.05) is 59.2 Å². The van der Waals surface area contributed by atoms with E-state index in [2.05, 4.69) is 17.2 Å². The minimum Gasteiger partial charge on any atom is -0.367 e. The molecule has 1 heterocycles. The first-order valence-corrected chi connectivity index (χ1v) is 13.6. The number of amides is 2. The van der Waals surface area contributed by atoms with Gasteiger partial charge in [0.05, 0.1) is 0 Å². The molecule has 1 aliphatic rings. The van der Waals surface area contributed by atoms with Crippen molar-refractivity contribution in [1.82, 2.24) is 14.9 Å². The predicted octanol–water partition coefficient (Wildman–Crippen LogP) is 5.07. The third-order valence-corrected chi connectivity index (χ3v) is 8.15. The first-order valence-electron chi connectivity index (χ1n) is 13.2. The highest BCUT2D eigenvalue weighted by Crippen LogP contribution is 2.53. The molecule has 4 rings (SSSR count). The number of imidazole rings is 1. The Morgan fingerprint density at radius 3 is 2.34 bits per heavy atom. The lowest BCUT2D eigenvalue weighted by atomic mass is 9.60. The minimum absolute atomic E-state index is 0.219. The summed E-state index contributed by atoms with van der Waals surface area (Å²) in [5, 5.41) is 3.23. The van der Waals surface area contributed by atoms with Gasteiger partial charge in [-0.1, -0.05) is 92.4 Å². The minimum atomic E-state index is -1.39. The van der Waals surface area contributed by atoms with E-state index in [0.29, 0.717) is 30.6 Å². The fourth-order valence-electron chi connectivity index (χ4n) is 6.13. The van der Waals surface area contributed by atoms with Gasteiger partial charge in [-0.05, 0) is 36.0 Å². The lowest BCUT2D eigenvalue weighted by Crippen LogP contribution is -2.65. The van der Waals surface area contributed by atoms with Gasteiger partial charge in [0.2, 0.25) is 11.8 Å². The van der Waals surface area contributed by atoms with Gasteiger partial charge in [-0.3, -0.25) is 14.4 Å². The maximum absolute atomic E-state index is 13.4. The summed E-state index contributed by atoms with van der Waals surface area (Å²) >= 11 is 6.26. The zero-order chi connectivity index (χ0) is 27.3. The summed E-state index contributed by atoms with van der Waals surface area (Å²) in [6, 6.07) is 17.4. The van der Waals surface area contributed by atoms with Crippen LogP contribution in [0.4, 0.5) is 0 Å². The van der Waals surface area contributed by atoms with Gasteiger partial charge in [-0.25, -0.2) is 4.98 Å². The van der Waals surface area contributed by atoms with E-state index in [1.54, 1.807) is 0 Å². The van der Waals surface area contributed by atoms with Crippen molar-refractivity contribution in [1.29, 1.82) is 0 Å². The second kappa shape index (κ2) is 11.5. The normalized spacial score (nSPS) is 16.1. The largest absolute Gasteiger partial charge is 0.367 e. The van der Waals surface area contributed by atoms with Gasteiger partial charge in [0, 0.05) is 25.3 Å². The van der Waals surface area contributed by atoms with Gasteiger partial charge >= 0.3 is 0 Å². The number of benzene rings is 2. The number of unbranched alkanes of at least 4 members (excludes halogenated alkanes) is 1. The lowest BCUT2D eigenvalue weighted by Gasteiger charge is -2.48. The van der Waals surface area contributed by atoms with Crippen molar-refractivity contribution in [2.24, 2.45) is 5.73 Å². The van der Waals surface area contributed by atoms with Crippen LogP contribution in [0.1, 0.15) is 85.4 Å². The van der Waals surface area contributed by atoms with Gasteiger partial charge in [0.15, 0.2) is 17.0 Å². The van der Waals surface area contributed by atoms with Crippen LogP contribution < -0.4 is 11.1 Å². The maximum atomic E-state index is 13.4. The second-order valence-corrected chi connectivity index (χ2v) is 10.5. The van der Waals surface area contributed by atoms with Crippen LogP contribution >= 0.6 is 11.6 Å². The highest BCUT2D eigenvalue weighted by Gasteiger charge is 2.59. The molecule has 8 heteroatoms. The molecule has 1 aliphatic carbocycles. The first-order chi connectivity index (χ1) is 18.3. The quantitative estimate of drug-likeness (QED) is 0.335. The summed E-state index contributed by atoms with van der Waals surface area (Å²) in [5.74, 6) is -0.0968. The fraction of sp³-hybridized carbons (Fsp3) is 0.400. The molecule has 3 aromatic rings. The Hall–Kier alpha value is -3.45. The summed E-state index contributed by atoms with van der Waals surface area (Å²) in [6.45, 7) is 3.98. The Labute approximate surface area is 228 Å². The molecule has 38 heavy (non-hydrogen) atoms. The average molecular weight is 535 g/mol. The molecular formula is C30H35ClN4O3. The smallest absolute Gasteiger partial charge is 0.248 e. The van der Waals surface area contributed by atoms with Gasteiger partial charge in [-0.2, -0.15) is 0 Å². The molecule has 0 saturated heterocycles. The summed E-state index contributed by atoms with van der Waals surface area (Å²) in [6.07, 6.45) is 6.69. The number of hydrogen-bond donors (Lipinski definition) is 2. The predicted molar refractivity (Wildman–Crippen MR) is 148 cm³/mol. The van der Waals surface area contributed by atoms with Crippen molar-refractivity contribution in [3.63, 3.8) is 0 Å². The number of carbonyl (C=O) groups excluding carboxylic acids is 3. The molecule has 1 atom stereocenters. The van der Waals surface area contributed by atoms with Crippen molar-refractivity contribution < 1.29 is 14.4 Å². The van der Waals surface area contributed by atoms with Crippen LogP contribution in [-0.2, 0) is 33.5 Å². The van der Waals surface area contributed by atoms with Crippen LogP contribution in [0, 0.1) is 0 Å². The SMILES string of the molecule is CCCCc1nc(Cl)c(C=O)n1Cc1ccc(C2(C(NC(C)=O)(C(N)=O)c3ccccc3)CCCC2)cc1. The number of halogens is 1. The van der Waals surface area contributed by atoms with Gasteiger partial charge in [0.25, 0.3) is 0 Å². The highest BCUT2D eigenvalue weighted by atomic mass is 35.5. The number of aromatic nitrogens is 2. The Kier molecular flexibility index (Phi) is 8.36. The number of rotatable bonds is 11. The molecule has 3 N–H and O–H groups in total. The van der Waals surface area contributed by atoms with Gasteiger partial charge in [0.1, 0.15) is 11.5 Å². The Bertz CT molecular complexity index is 1300. The number of primary amides is 1. The third kappa shape index (κ3) is 4.87. The third-order valence-electron chi connectivity index (χ3n) is 7.87. The molecular weight excluding hydrogens is 500 g/mol. The number of aldehydes is 1. The standard InChI is InChI=1S/C30H35ClN4O3/c1-3-4-12-26-33-27(31)25(20-36)35(26)19-22-13-15-23(16-14-22)29(17-8-9-18-29)30(28(32)38,34-21(2)37)24-10-6-5-7-11-24/h5-7,10-11,13-16,20H,3-4,8-9,12,17-19H2,1-2H3,(H2,32,38)(H,34,37). The fourth-order valence-corrected chi connectivity index (χ4v) is 6.37. The second-order valence-electron chi connectivity index (χ2n) is 10.2. The van der Waals surface area contributed by atoms with E-state index in [9.17, 15) is 14.4 Å². The van der Waals surface area contributed by atoms with Gasteiger partial charge < -0.3 is 15.6 Å². The summed E-state index contributed by atoms with van der Waals surface area (Å²) < 4.78 is 1.88. The molecule has 200 valence electrons. The van der Waals surface area contributed by atoms with Crippen molar-refractivity contribution in [3.8, 4) is 0 Å². The zero-order valence-electron chi connectivity index (χ0n) is 22.0. The van der Waals surface area contributed by atoms with Crippen molar-refractivity contribution in [2.75, 3.05) is 0 Å². The molecule has 0 aliphatic heterocycles. The molecule has 2 aromatic carbocycles. The molecule has 0 spiro atoms. The highest BCUT2D eigenvalue weighted by molar-refractivity contribution is 6.31. The van der Waals surface area contributed by atoms with Gasteiger partial charge in [-0.15, -0.1) is 0 Å². The van der Waals surface area contributed by atoms with E-state index < -0.39 is 16.9 Å². The Morgan fingerprint density at radius 1 is 1.13 bits per heavy atom. The number of nitrogens with one attached hydrogen (secondary N) is 1. The Balaban J connectivity index is 1.78. The number of nitrogens with two attached hydrogens (primary N) is 1. The molecule has 7 nitrogen and oxygen atoms in total. The van der Waals surface area contributed by atoms with Crippen LogP contribution in [0.25, 0.3) is 0 Å². The van der Waals surface area contributed by atoms with Crippen molar-refractivity contribution in [3.05, 3.63) is 88.0 Å². The monoisotopic (exact) mass is 534 g/mol. The topological polar surface area (TPSA) is 107 Å². The molecule has 0 bridgehead atoms. The summed E-state index contributed by atoms with van der Waals surface area (Å²) in [5.41, 5.74) is 7.04. The number of nitrogens with zero attached hydrogens (tertiary/aromatic N) is 2. The average Bonchev–Trinajstić information content (AvgIpc) is 3.52. The number of hydrogen-bond acceptors (Lipinski definition) is 4. The van der Waals surface area contributed by atoms with Crippen LogP contribution in [0.2, 0.25) is 5.15 Å². The van der Waals surface area contributed by atoms with Crippen LogP contribution in [-0.4, -0.2) is 27.7 Å². The number of carbonyl (C=O) groups is 3. The van der Waals surface area contributed by atoms with Crippen LogP contribution in [0.5, 0.6) is 0 Å². The molecule has 1 saturated carbocycles. The maximum Gasteiger partial charge on any atom is 0.248 e. The van der Waals surface area contributed by atoms with Crippen molar-refractivity contribution >= 4 is 29.7 Å². The zero-order valence-corrected chi connectivity index (χ0v) is 22.8. The first kappa shape index (κ1) is 27.6. The van der Waals surface area contributed by atoms with E-state index in [4.69, 9.17) is 17.3 Å². The van der Waals surface area contributed by atoms with E-state index in [1.165, 1.54) is 6.92 Å². The summed E-state index contributed by atoms with van der Waals surface area (Å²) in [7, 11) is 0. The van der Waals surface area contributed by atoms with E-state index in [0.717, 1.165) is 55.3 Å². The Morgan fingerprint density at radius 2 is 1.79 bits per heavy atom. The van der Waals surface area contributed by atoms with Crippen LogP contribution in [0.15, 0.2) is 54.6 Å². The van der Waals surface area contributed by atoms with E-state index >= 15 is 0 Å². The number of aryl methyl sites for hydroxylation is 1. The van der Waals surface area contributed by atoms with E-state index in [-0.39, 0.29) is 11.1 Å².